The number of carbonyl (C=O) groups is 2. The molecule has 0 unspecified atom stereocenters. The minimum absolute atomic E-state index is 0.111. The molecule has 34 heavy (non-hydrogen) atoms. The smallest absolute Gasteiger partial charge is 0.343 e. The number of esters is 1. The molecule has 0 saturated carbocycles. The van der Waals surface area contributed by atoms with Crippen molar-refractivity contribution in [2.45, 2.75) is 6.92 Å². The zero-order valence-corrected chi connectivity index (χ0v) is 20.5. The van der Waals surface area contributed by atoms with Crippen LogP contribution in [0.1, 0.15) is 31.8 Å². The molecular weight excluding hydrogens is 504 g/mol. The molecule has 0 aromatic heterocycles. The Kier molecular flexibility index (Phi) is 6.61. The minimum atomic E-state index is -0.509. The number of carbonyl (C=O) groups excluding carboxylic acids is 2. The van der Waals surface area contributed by atoms with Crippen LogP contribution in [0.4, 0.5) is 0 Å². The first-order valence-electron chi connectivity index (χ1n) is 10.2. The molecule has 0 radical (unpaired) electrons. The van der Waals surface area contributed by atoms with Gasteiger partial charge in [-0.15, -0.1) is 0 Å². The average molecular weight is 525 g/mol. The minimum Gasteiger partial charge on any atom is -0.496 e. The van der Waals surface area contributed by atoms with Crippen molar-refractivity contribution in [1.82, 2.24) is 0 Å². The Bertz CT molecular complexity index is 1310. The zero-order valence-electron chi connectivity index (χ0n) is 18.9. The number of ether oxygens (including phenoxy) is 5. The van der Waals surface area contributed by atoms with Crippen LogP contribution in [0.3, 0.4) is 0 Å². The molecule has 3 aromatic rings. The molecule has 1 aliphatic heterocycles. The van der Waals surface area contributed by atoms with Gasteiger partial charge in [-0.05, 0) is 55.5 Å². The fourth-order valence-corrected chi connectivity index (χ4v) is 3.79. The maximum Gasteiger partial charge on any atom is 0.343 e. The molecule has 0 spiro atoms. The van der Waals surface area contributed by atoms with Gasteiger partial charge in [-0.25, -0.2) is 4.79 Å². The molecule has 174 valence electrons. The number of methoxy groups -OCH3 is 3. The van der Waals surface area contributed by atoms with E-state index >= 15 is 0 Å². The molecule has 0 N–H and O–H groups in total. The Morgan fingerprint density at radius 3 is 2.18 bits per heavy atom. The third kappa shape index (κ3) is 4.36. The van der Waals surface area contributed by atoms with Crippen LogP contribution in [-0.4, -0.2) is 33.1 Å². The molecule has 0 saturated heterocycles. The Labute approximate surface area is 205 Å². The van der Waals surface area contributed by atoms with E-state index < -0.39 is 5.97 Å². The Hall–Kier alpha value is -3.78. The number of allylic oxidation sites excluding steroid dienone is 1. The number of benzene rings is 3. The third-order valence-electron chi connectivity index (χ3n) is 5.34. The molecule has 0 bridgehead atoms. The van der Waals surface area contributed by atoms with E-state index in [9.17, 15) is 9.59 Å². The van der Waals surface area contributed by atoms with Crippen LogP contribution < -0.4 is 23.7 Å². The van der Waals surface area contributed by atoms with Crippen molar-refractivity contribution in [3.05, 3.63) is 81.0 Å². The van der Waals surface area contributed by atoms with Gasteiger partial charge in [0.15, 0.2) is 17.3 Å². The van der Waals surface area contributed by atoms with E-state index in [2.05, 4.69) is 15.9 Å². The van der Waals surface area contributed by atoms with Gasteiger partial charge in [0, 0.05) is 21.7 Å². The SMILES string of the molecule is COc1cc(OC)c(OC)cc1/C=C1\Oc2c(ccc(OC(=O)c3ccc(Br)cc3)c2C)C1=O. The lowest BCUT2D eigenvalue weighted by Crippen LogP contribution is -2.09. The van der Waals surface area contributed by atoms with Gasteiger partial charge < -0.3 is 23.7 Å². The van der Waals surface area contributed by atoms with Gasteiger partial charge in [-0.2, -0.15) is 0 Å². The second-order valence-electron chi connectivity index (χ2n) is 7.35. The summed E-state index contributed by atoms with van der Waals surface area (Å²) in [5.74, 6) is 1.43. The van der Waals surface area contributed by atoms with Crippen molar-refractivity contribution in [1.29, 1.82) is 0 Å². The van der Waals surface area contributed by atoms with Crippen LogP contribution in [0.15, 0.2) is 58.8 Å². The lowest BCUT2D eigenvalue weighted by Gasteiger charge is -2.12. The van der Waals surface area contributed by atoms with Gasteiger partial charge in [0.25, 0.3) is 0 Å². The lowest BCUT2D eigenvalue weighted by molar-refractivity contribution is 0.0733. The zero-order chi connectivity index (χ0) is 24.4. The number of hydrogen-bond donors (Lipinski definition) is 0. The number of rotatable bonds is 6. The molecule has 4 rings (SSSR count). The fraction of sp³-hybridized carbons (Fsp3) is 0.154. The first-order chi connectivity index (χ1) is 16.4. The normalized spacial score (nSPS) is 13.3. The van der Waals surface area contributed by atoms with Crippen molar-refractivity contribution in [3.63, 3.8) is 0 Å². The first kappa shape index (κ1) is 23.4. The highest BCUT2D eigenvalue weighted by Crippen LogP contribution is 2.41. The van der Waals surface area contributed by atoms with E-state index in [0.29, 0.717) is 51.0 Å². The predicted octanol–water partition coefficient (Wildman–Crippen LogP) is 5.62. The molecule has 0 atom stereocenters. The summed E-state index contributed by atoms with van der Waals surface area (Å²) in [5, 5.41) is 0. The fourth-order valence-electron chi connectivity index (χ4n) is 3.53. The molecule has 0 amide bonds. The quantitative estimate of drug-likeness (QED) is 0.235. The number of ketones is 1. The lowest BCUT2D eigenvalue weighted by atomic mass is 10.1. The summed E-state index contributed by atoms with van der Waals surface area (Å²) < 4.78 is 28.4. The van der Waals surface area contributed by atoms with Gasteiger partial charge >= 0.3 is 5.97 Å². The molecule has 0 aliphatic carbocycles. The van der Waals surface area contributed by atoms with E-state index in [-0.39, 0.29) is 11.5 Å². The largest absolute Gasteiger partial charge is 0.496 e. The van der Waals surface area contributed by atoms with Crippen LogP contribution >= 0.6 is 15.9 Å². The summed E-state index contributed by atoms with van der Waals surface area (Å²) in [5.41, 5.74) is 1.91. The second kappa shape index (κ2) is 9.61. The standard InChI is InChI=1S/C26H21BrO7/c1-14-19(34-26(29)15-5-7-17(27)8-6-15)10-9-18-24(28)23(33-25(14)18)12-16-11-21(31-3)22(32-4)13-20(16)30-2/h5-13H,1-4H3/b23-12-. The van der Waals surface area contributed by atoms with Crippen molar-refractivity contribution in [2.75, 3.05) is 21.3 Å². The third-order valence-corrected chi connectivity index (χ3v) is 5.87. The van der Waals surface area contributed by atoms with E-state index in [1.54, 1.807) is 61.5 Å². The number of fused-ring (bicyclic) bond motifs is 1. The van der Waals surface area contributed by atoms with Crippen LogP contribution in [0.25, 0.3) is 6.08 Å². The van der Waals surface area contributed by atoms with E-state index in [1.807, 2.05) is 0 Å². The van der Waals surface area contributed by atoms with E-state index in [1.165, 1.54) is 21.3 Å². The van der Waals surface area contributed by atoms with Crippen molar-refractivity contribution < 1.29 is 33.3 Å². The van der Waals surface area contributed by atoms with Crippen LogP contribution in [0.5, 0.6) is 28.7 Å². The highest BCUT2D eigenvalue weighted by molar-refractivity contribution is 9.10. The molecule has 0 fully saturated rings. The van der Waals surface area contributed by atoms with Crippen molar-refractivity contribution >= 4 is 33.8 Å². The van der Waals surface area contributed by atoms with E-state index in [0.717, 1.165) is 4.47 Å². The van der Waals surface area contributed by atoms with Crippen molar-refractivity contribution in [3.8, 4) is 28.7 Å². The molecule has 3 aromatic carbocycles. The van der Waals surface area contributed by atoms with Gasteiger partial charge in [-0.1, -0.05) is 15.9 Å². The van der Waals surface area contributed by atoms with Crippen molar-refractivity contribution in [2.24, 2.45) is 0 Å². The van der Waals surface area contributed by atoms with Crippen LogP contribution in [0.2, 0.25) is 0 Å². The number of halogens is 1. The highest BCUT2D eigenvalue weighted by atomic mass is 79.9. The van der Waals surface area contributed by atoms with Gasteiger partial charge in [0.05, 0.1) is 32.5 Å². The average Bonchev–Trinajstić information content (AvgIpc) is 3.16. The molecule has 1 aliphatic rings. The number of Topliss-reactive ketones (excluding diaryl/α,β-unsaturated/α-hetero) is 1. The molecule has 7 nitrogen and oxygen atoms in total. The first-order valence-corrected chi connectivity index (χ1v) is 11.0. The maximum absolute atomic E-state index is 13.0. The Morgan fingerprint density at radius 1 is 0.882 bits per heavy atom. The predicted molar refractivity (Wildman–Crippen MR) is 129 cm³/mol. The molecule has 8 heteroatoms. The topological polar surface area (TPSA) is 80.3 Å². The Morgan fingerprint density at radius 2 is 1.53 bits per heavy atom. The number of hydrogen-bond acceptors (Lipinski definition) is 7. The maximum atomic E-state index is 13.0. The molecule has 1 heterocycles. The van der Waals surface area contributed by atoms with E-state index in [4.69, 9.17) is 23.7 Å². The summed E-state index contributed by atoms with van der Waals surface area (Å²) in [4.78, 5) is 25.6. The van der Waals surface area contributed by atoms with Crippen LogP contribution in [0, 0.1) is 6.92 Å². The van der Waals surface area contributed by atoms with Gasteiger partial charge in [0.2, 0.25) is 5.78 Å². The monoisotopic (exact) mass is 524 g/mol. The second-order valence-corrected chi connectivity index (χ2v) is 8.27. The van der Waals surface area contributed by atoms with Crippen LogP contribution in [-0.2, 0) is 0 Å². The Balaban J connectivity index is 1.65. The summed E-state index contributed by atoms with van der Waals surface area (Å²) in [7, 11) is 4.57. The summed E-state index contributed by atoms with van der Waals surface area (Å²) in [6.45, 7) is 1.73. The summed E-state index contributed by atoms with van der Waals surface area (Å²) in [6.07, 6.45) is 1.58. The molecular formula is C26H21BrO7. The summed E-state index contributed by atoms with van der Waals surface area (Å²) in [6, 6.07) is 13.4. The van der Waals surface area contributed by atoms with Gasteiger partial charge in [0.1, 0.15) is 17.2 Å². The summed E-state index contributed by atoms with van der Waals surface area (Å²) >= 11 is 3.34. The highest BCUT2D eigenvalue weighted by Gasteiger charge is 2.31. The van der Waals surface area contributed by atoms with Gasteiger partial charge in [-0.3, -0.25) is 4.79 Å².